The Hall–Kier alpha value is -1.49. The lowest BCUT2D eigenvalue weighted by Crippen LogP contribution is -2.47. The SMILES string of the molecule is CO.Cc1ccc2c(c1)N(CCC[N+](C)(C)C(C)C)c1ccccc1S2. The van der Waals surface area contributed by atoms with Crippen LogP contribution in [0.4, 0.5) is 11.4 Å². The lowest BCUT2D eigenvalue weighted by atomic mass is 10.1. The maximum absolute atomic E-state index is 7.00. The van der Waals surface area contributed by atoms with Crippen molar-refractivity contribution in [1.82, 2.24) is 0 Å². The average molecular weight is 374 g/mol. The number of fused-ring (bicyclic) bond motifs is 2. The smallest absolute Gasteiger partial charge is 0.0829 e. The molecule has 0 saturated heterocycles. The molecule has 0 amide bonds. The number of hydrogen-bond donors (Lipinski definition) is 1. The van der Waals surface area contributed by atoms with Gasteiger partial charge in [0, 0.05) is 29.9 Å². The van der Waals surface area contributed by atoms with Crippen LogP contribution in [-0.2, 0) is 0 Å². The molecule has 26 heavy (non-hydrogen) atoms. The zero-order chi connectivity index (χ0) is 19.3. The van der Waals surface area contributed by atoms with Crippen LogP contribution >= 0.6 is 11.8 Å². The van der Waals surface area contributed by atoms with Crippen LogP contribution in [0.2, 0.25) is 0 Å². The number of quaternary nitrogens is 1. The normalized spacial score (nSPS) is 13.0. The molecule has 2 aromatic carbocycles. The Kier molecular flexibility index (Phi) is 7.16. The number of aryl methyl sites for hydroxylation is 1. The van der Waals surface area contributed by atoms with E-state index >= 15 is 0 Å². The van der Waals surface area contributed by atoms with Gasteiger partial charge in [-0.1, -0.05) is 30.0 Å². The predicted octanol–water partition coefficient (Wildman–Crippen LogP) is 5.08. The third-order valence-electron chi connectivity index (χ3n) is 5.30. The van der Waals surface area contributed by atoms with E-state index in [0.717, 1.165) is 18.1 Å². The maximum atomic E-state index is 7.00. The first-order chi connectivity index (χ1) is 12.4. The van der Waals surface area contributed by atoms with E-state index in [1.165, 1.54) is 39.7 Å². The van der Waals surface area contributed by atoms with E-state index in [1.54, 1.807) is 0 Å². The van der Waals surface area contributed by atoms with E-state index < -0.39 is 0 Å². The van der Waals surface area contributed by atoms with E-state index in [1.807, 2.05) is 11.8 Å². The average Bonchev–Trinajstić information content (AvgIpc) is 2.63. The van der Waals surface area contributed by atoms with Gasteiger partial charge in [-0.3, -0.25) is 0 Å². The fourth-order valence-electron chi connectivity index (χ4n) is 3.07. The van der Waals surface area contributed by atoms with Gasteiger partial charge in [0.25, 0.3) is 0 Å². The number of aliphatic hydroxyl groups excluding tert-OH is 1. The van der Waals surface area contributed by atoms with Crippen LogP contribution in [0.5, 0.6) is 0 Å². The van der Waals surface area contributed by atoms with Gasteiger partial charge in [0.1, 0.15) is 0 Å². The summed E-state index contributed by atoms with van der Waals surface area (Å²) < 4.78 is 1.07. The zero-order valence-electron chi connectivity index (χ0n) is 17.0. The Balaban J connectivity index is 0.00000117. The minimum absolute atomic E-state index is 0.656. The molecule has 0 spiro atoms. The Bertz CT molecular complexity index is 728. The fourth-order valence-corrected chi connectivity index (χ4v) is 4.15. The summed E-state index contributed by atoms with van der Waals surface area (Å²) in [5, 5.41) is 7.00. The van der Waals surface area contributed by atoms with Gasteiger partial charge in [0.05, 0.1) is 38.1 Å². The monoisotopic (exact) mass is 373 g/mol. The third-order valence-corrected chi connectivity index (χ3v) is 6.43. The van der Waals surface area contributed by atoms with Crippen LogP contribution in [0.15, 0.2) is 52.3 Å². The number of anilines is 2. The van der Waals surface area contributed by atoms with E-state index in [9.17, 15) is 0 Å². The number of rotatable bonds is 5. The van der Waals surface area contributed by atoms with Gasteiger partial charge in [-0.2, -0.15) is 0 Å². The van der Waals surface area contributed by atoms with Gasteiger partial charge in [0.15, 0.2) is 0 Å². The van der Waals surface area contributed by atoms with Crippen LogP contribution in [0.1, 0.15) is 25.8 Å². The molecule has 0 fully saturated rings. The molecule has 1 heterocycles. The molecule has 0 bridgehead atoms. The quantitative estimate of drug-likeness (QED) is 0.739. The molecule has 0 unspecified atom stereocenters. The first-order valence-corrected chi connectivity index (χ1v) is 10.1. The first-order valence-electron chi connectivity index (χ1n) is 9.31. The summed E-state index contributed by atoms with van der Waals surface area (Å²) in [7, 11) is 5.67. The van der Waals surface area contributed by atoms with Gasteiger partial charge in [-0.15, -0.1) is 0 Å². The molecule has 3 rings (SSSR count). The fraction of sp³-hybridized carbons (Fsp3) is 0.455. The molecule has 1 N–H and O–H groups in total. The highest BCUT2D eigenvalue weighted by Crippen LogP contribution is 2.48. The highest BCUT2D eigenvalue weighted by atomic mass is 32.2. The van der Waals surface area contributed by atoms with Crippen molar-refractivity contribution in [3.05, 3.63) is 48.0 Å². The largest absolute Gasteiger partial charge is 0.400 e. The molecule has 0 aromatic heterocycles. The Labute approximate surface area is 163 Å². The number of hydrogen-bond acceptors (Lipinski definition) is 3. The molecule has 3 nitrogen and oxygen atoms in total. The van der Waals surface area contributed by atoms with Gasteiger partial charge in [0.2, 0.25) is 0 Å². The first kappa shape index (κ1) is 20.8. The van der Waals surface area contributed by atoms with Crippen molar-refractivity contribution in [3.63, 3.8) is 0 Å². The second-order valence-electron chi connectivity index (χ2n) is 7.64. The lowest BCUT2D eigenvalue weighted by Gasteiger charge is -2.37. The topological polar surface area (TPSA) is 23.5 Å². The number of benzene rings is 2. The molecule has 4 heteroatoms. The van der Waals surface area contributed by atoms with Crippen molar-refractivity contribution >= 4 is 23.1 Å². The molecule has 1 aliphatic heterocycles. The van der Waals surface area contributed by atoms with Crippen molar-refractivity contribution in [2.24, 2.45) is 0 Å². The van der Waals surface area contributed by atoms with Crippen LogP contribution in [0.25, 0.3) is 0 Å². The van der Waals surface area contributed by atoms with E-state index in [-0.39, 0.29) is 0 Å². The third kappa shape index (κ3) is 4.61. The molecular formula is C22H33N2OS+. The van der Waals surface area contributed by atoms with Crippen molar-refractivity contribution in [2.45, 2.75) is 43.0 Å². The lowest BCUT2D eigenvalue weighted by molar-refractivity contribution is -0.911. The van der Waals surface area contributed by atoms with Crippen molar-refractivity contribution in [3.8, 4) is 0 Å². The summed E-state index contributed by atoms with van der Waals surface area (Å²) in [5.74, 6) is 0. The van der Waals surface area contributed by atoms with E-state index in [2.05, 4.69) is 82.2 Å². The van der Waals surface area contributed by atoms with Gasteiger partial charge < -0.3 is 14.5 Å². The molecule has 0 atom stereocenters. The summed E-state index contributed by atoms with van der Waals surface area (Å²) in [6, 6.07) is 16.3. The molecule has 142 valence electrons. The van der Waals surface area contributed by atoms with E-state index in [0.29, 0.717) is 6.04 Å². The summed E-state index contributed by atoms with van der Waals surface area (Å²) in [6.07, 6.45) is 1.19. The standard InChI is InChI=1S/C21H29N2S.CH4O/c1-16(2)23(4,5)14-8-13-22-18-9-6-7-10-20(18)24-21-12-11-17(3)15-19(21)22;1-2/h6-7,9-12,15-16H,8,13-14H2,1-5H3;2H,1H3/q+1;. The highest BCUT2D eigenvalue weighted by Gasteiger charge is 2.25. The zero-order valence-corrected chi connectivity index (χ0v) is 17.8. The predicted molar refractivity (Wildman–Crippen MR) is 114 cm³/mol. The summed E-state index contributed by atoms with van der Waals surface area (Å²) in [5.41, 5.74) is 4.06. The second kappa shape index (κ2) is 8.94. The maximum Gasteiger partial charge on any atom is 0.0829 e. The summed E-state index contributed by atoms with van der Waals surface area (Å²) >= 11 is 1.89. The van der Waals surface area contributed by atoms with Crippen molar-refractivity contribution in [1.29, 1.82) is 0 Å². The van der Waals surface area contributed by atoms with Crippen molar-refractivity contribution < 1.29 is 9.59 Å². The molecule has 0 saturated carbocycles. The Morgan fingerprint density at radius 1 is 1.00 bits per heavy atom. The van der Waals surface area contributed by atoms with Gasteiger partial charge in [-0.05, 0) is 50.6 Å². The highest BCUT2D eigenvalue weighted by molar-refractivity contribution is 7.99. The van der Waals surface area contributed by atoms with Crippen molar-refractivity contribution in [2.75, 3.05) is 39.2 Å². The second-order valence-corrected chi connectivity index (χ2v) is 8.73. The Morgan fingerprint density at radius 2 is 1.65 bits per heavy atom. The van der Waals surface area contributed by atoms with Gasteiger partial charge in [-0.25, -0.2) is 0 Å². The molecular weight excluding hydrogens is 340 g/mol. The number of nitrogens with zero attached hydrogens (tertiary/aromatic N) is 2. The number of para-hydroxylation sites is 1. The van der Waals surface area contributed by atoms with Crippen LogP contribution in [-0.4, -0.2) is 49.9 Å². The summed E-state index contributed by atoms with van der Waals surface area (Å²) in [4.78, 5) is 5.26. The minimum Gasteiger partial charge on any atom is -0.400 e. The molecule has 2 aromatic rings. The van der Waals surface area contributed by atoms with Gasteiger partial charge >= 0.3 is 0 Å². The molecule has 1 aliphatic rings. The minimum atomic E-state index is 0.656. The van der Waals surface area contributed by atoms with E-state index in [4.69, 9.17) is 5.11 Å². The molecule has 0 aliphatic carbocycles. The van der Waals surface area contributed by atoms with Crippen LogP contribution in [0.3, 0.4) is 0 Å². The molecule has 0 radical (unpaired) electrons. The summed E-state index contributed by atoms with van der Waals surface area (Å²) in [6.45, 7) is 9.08. The van der Waals surface area contributed by atoms with Crippen LogP contribution in [0, 0.1) is 6.92 Å². The van der Waals surface area contributed by atoms with Crippen LogP contribution < -0.4 is 4.90 Å². The Morgan fingerprint density at radius 3 is 2.35 bits per heavy atom. The number of aliphatic hydroxyl groups is 1.